The Hall–Kier alpha value is -1.55. The molecule has 0 spiro atoms. The van der Waals surface area contributed by atoms with E-state index in [9.17, 15) is 5.11 Å². The number of aryl methyl sites for hydroxylation is 1. The first-order valence-corrected chi connectivity index (χ1v) is 8.21. The topological polar surface area (TPSA) is 78.8 Å². The second-order valence-electron chi connectivity index (χ2n) is 4.85. The highest BCUT2D eigenvalue weighted by Crippen LogP contribution is 2.22. The molecule has 0 amide bonds. The zero-order chi connectivity index (χ0) is 16.7. The number of benzene rings is 1. The first-order chi connectivity index (χ1) is 11.2. The number of nitrogens with zero attached hydrogens (tertiary/aromatic N) is 2. The van der Waals surface area contributed by atoms with E-state index in [1.54, 1.807) is 43.7 Å². The summed E-state index contributed by atoms with van der Waals surface area (Å²) in [7, 11) is 3.31. The van der Waals surface area contributed by atoms with Gasteiger partial charge in [-0.25, -0.2) is 4.98 Å². The van der Waals surface area contributed by atoms with Gasteiger partial charge in [-0.1, -0.05) is 6.92 Å². The largest absolute Gasteiger partial charge is 0.508 e. The van der Waals surface area contributed by atoms with E-state index in [4.69, 9.17) is 4.74 Å². The molecule has 0 unspecified atom stereocenters. The maximum atomic E-state index is 9.89. The molecule has 2 rings (SSSR count). The number of halogens is 1. The van der Waals surface area contributed by atoms with E-state index < -0.39 is 0 Å². The van der Waals surface area contributed by atoms with Crippen LogP contribution in [-0.4, -0.2) is 30.2 Å². The normalized spacial score (nSPS) is 10.9. The van der Waals surface area contributed by atoms with Crippen molar-refractivity contribution in [1.82, 2.24) is 15.6 Å². The number of aromatic nitrogens is 1. The summed E-state index contributed by atoms with van der Waals surface area (Å²) in [5.41, 5.74) is 0.745. The van der Waals surface area contributed by atoms with Gasteiger partial charge in [0.25, 0.3) is 0 Å². The van der Waals surface area contributed by atoms with Crippen LogP contribution in [0.3, 0.4) is 0 Å². The number of methoxy groups -OCH3 is 1. The fourth-order valence-electron chi connectivity index (χ4n) is 1.98. The number of phenols is 1. The average molecular weight is 462 g/mol. The molecule has 3 N–H and O–H groups in total. The Kier molecular flexibility index (Phi) is 8.83. The SMILES string of the molecule is CCc1cnc(CNC(=NC)NCc2cc(OC)ccc2O)s1.I. The van der Waals surface area contributed by atoms with Crippen LogP contribution in [0.1, 0.15) is 22.4 Å². The number of phenolic OH excluding ortho intramolecular Hbond substituents is 1. The summed E-state index contributed by atoms with van der Waals surface area (Å²) in [6.07, 6.45) is 2.91. The first-order valence-electron chi connectivity index (χ1n) is 7.40. The van der Waals surface area contributed by atoms with Gasteiger partial charge in [0.15, 0.2) is 5.96 Å². The van der Waals surface area contributed by atoms with Crippen molar-refractivity contribution in [3.05, 3.63) is 39.8 Å². The summed E-state index contributed by atoms with van der Waals surface area (Å²) >= 11 is 1.69. The van der Waals surface area contributed by atoms with Crippen molar-refractivity contribution in [3.63, 3.8) is 0 Å². The highest BCUT2D eigenvalue weighted by molar-refractivity contribution is 14.0. The van der Waals surface area contributed by atoms with E-state index in [1.165, 1.54) is 4.88 Å². The molecule has 0 radical (unpaired) electrons. The molecule has 0 fully saturated rings. The monoisotopic (exact) mass is 462 g/mol. The smallest absolute Gasteiger partial charge is 0.191 e. The summed E-state index contributed by atoms with van der Waals surface area (Å²) in [6, 6.07) is 5.14. The van der Waals surface area contributed by atoms with Gasteiger partial charge in [0.05, 0.1) is 13.7 Å². The van der Waals surface area contributed by atoms with Crippen LogP contribution >= 0.6 is 35.3 Å². The van der Waals surface area contributed by atoms with E-state index in [0.717, 1.165) is 17.0 Å². The third-order valence-corrected chi connectivity index (χ3v) is 4.46. The first kappa shape index (κ1) is 20.5. The Labute approximate surface area is 163 Å². The molecule has 1 heterocycles. The Balaban J connectivity index is 0.00000288. The Morgan fingerprint density at radius 2 is 2.08 bits per heavy atom. The number of hydrogen-bond acceptors (Lipinski definition) is 5. The fraction of sp³-hybridized carbons (Fsp3) is 0.375. The molecular formula is C16H23IN4O2S. The minimum Gasteiger partial charge on any atom is -0.508 e. The third kappa shape index (κ3) is 5.82. The highest BCUT2D eigenvalue weighted by Gasteiger charge is 2.06. The second kappa shape index (κ2) is 10.3. The van der Waals surface area contributed by atoms with Crippen molar-refractivity contribution in [3.8, 4) is 11.5 Å². The van der Waals surface area contributed by atoms with Gasteiger partial charge >= 0.3 is 0 Å². The van der Waals surface area contributed by atoms with Crippen molar-refractivity contribution < 1.29 is 9.84 Å². The van der Waals surface area contributed by atoms with Gasteiger partial charge in [-0.2, -0.15) is 0 Å². The van der Waals surface area contributed by atoms with E-state index in [1.807, 2.05) is 6.20 Å². The molecule has 0 saturated heterocycles. The number of thiazole rings is 1. The molecule has 0 bridgehead atoms. The predicted octanol–water partition coefficient (Wildman–Crippen LogP) is 2.90. The summed E-state index contributed by atoms with van der Waals surface area (Å²) in [4.78, 5) is 9.81. The Morgan fingerprint density at radius 3 is 2.71 bits per heavy atom. The van der Waals surface area contributed by atoms with Crippen LogP contribution in [0.4, 0.5) is 0 Å². The summed E-state index contributed by atoms with van der Waals surface area (Å²) in [5.74, 6) is 1.58. The van der Waals surface area contributed by atoms with Gasteiger partial charge in [0, 0.05) is 30.2 Å². The number of aromatic hydroxyl groups is 1. The molecule has 0 atom stereocenters. The third-order valence-electron chi connectivity index (χ3n) is 3.31. The molecule has 132 valence electrons. The quantitative estimate of drug-likeness (QED) is 0.350. The lowest BCUT2D eigenvalue weighted by atomic mass is 10.2. The molecule has 2 aromatic rings. The average Bonchev–Trinajstić information content (AvgIpc) is 3.04. The van der Waals surface area contributed by atoms with Crippen LogP contribution in [0.5, 0.6) is 11.5 Å². The fourth-order valence-corrected chi connectivity index (χ4v) is 2.78. The molecule has 1 aromatic carbocycles. The van der Waals surface area contributed by atoms with Gasteiger partial charge in [0.2, 0.25) is 0 Å². The van der Waals surface area contributed by atoms with Crippen LogP contribution in [-0.2, 0) is 19.5 Å². The van der Waals surface area contributed by atoms with Gasteiger partial charge in [0.1, 0.15) is 16.5 Å². The van der Waals surface area contributed by atoms with Gasteiger partial charge < -0.3 is 20.5 Å². The number of guanidine groups is 1. The number of aliphatic imine (C=N–C) groups is 1. The predicted molar refractivity (Wildman–Crippen MR) is 109 cm³/mol. The molecule has 0 aliphatic heterocycles. The maximum absolute atomic E-state index is 9.89. The van der Waals surface area contributed by atoms with Crippen molar-refractivity contribution in [2.24, 2.45) is 4.99 Å². The van der Waals surface area contributed by atoms with E-state index in [0.29, 0.717) is 24.8 Å². The minimum absolute atomic E-state index is 0. The second-order valence-corrected chi connectivity index (χ2v) is 6.05. The van der Waals surface area contributed by atoms with Crippen molar-refractivity contribution in [2.75, 3.05) is 14.2 Å². The summed E-state index contributed by atoms with van der Waals surface area (Å²) in [6.45, 7) is 3.18. The van der Waals surface area contributed by atoms with Crippen LogP contribution in [0, 0.1) is 0 Å². The summed E-state index contributed by atoms with van der Waals surface area (Å²) < 4.78 is 5.17. The number of ether oxygens (including phenoxy) is 1. The van der Waals surface area contributed by atoms with E-state index in [2.05, 4.69) is 27.5 Å². The molecule has 24 heavy (non-hydrogen) atoms. The molecule has 0 aliphatic carbocycles. The molecule has 8 heteroatoms. The zero-order valence-corrected chi connectivity index (χ0v) is 17.1. The lowest BCUT2D eigenvalue weighted by molar-refractivity contribution is 0.410. The lowest BCUT2D eigenvalue weighted by Gasteiger charge is -2.12. The molecule has 0 saturated carbocycles. The molecule has 1 aromatic heterocycles. The summed E-state index contributed by atoms with van der Waals surface area (Å²) in [5, 5.41) is 17.3. The number of rotatable bonds is 6. The van der Waals surface area contributed by atoms with Crippen molar-refractivity contribution in [1.29, 1.82) is 0 Å². The molecular weight excluding hydrogens is 439 g/mol. The van der Waals surface area contributed by atoms with Crippen LogP contribution in [0.2, 0.25) is 0 Å². The lowest BCUT2D eigenvalue weighted by Crippen LogP contribution is -2.36. The van der Waals surface area contributed by atoms with Gasteiger partial charge in [-0.3, -0.25) is 4.99 Å². The maximum Gasteiger partial charge on any atom is 0.191 e. The molecule has 0 aliphatic rings. The highest BCUT2D eigenvalue weighted by atomic mass is 127. The van der Waals surface area contributed by atoms with E-state index in [-0.39, 0.29) is 29.7 Å². The number of hydrogen-bond donors (Lipinski definition) is 3. The zero-order valence-electron chi connectivity index (χ0n) is 14.0. The van der Waals surface area contributed by atoms with Gasteiger partial charge in [-0.15, -0.1) is 35.3 Å². The van der Waals surface area contributed by atoms with Gasteiger partial charge in [-0.05, 0) is 24.6 Å². The Bertz CT molecular complexity index is 676. The van der Waals surface area contributed by atoms with Crippen LogP contribution in [0.25, 0.3) is 0 Å². The van der Waals surface area contributed by atoms with E-state index >= 15 is 0 Å². The number of nitrogens with one attached hydrogen (secondary N) is 2. The van der Waals surface area contributed by atoms with Crippen LogP contribution < -0.4 is 15.4 Å². The van der Waals surface area contributed by atoms with Crippen molar-refractivity contribution >= 4 is 41.3 Å². The Morgan fingerprint density at radius 1 is 1.33 bits per heavy atom. The standard InChI is InChI=1S/C16H22N4O2S.HI/c1-4-13-9-18-15(23-13)10-20-16(17-2)19-8-11-7-12(22-3)5-6-14(11)21;/h5-7,9,21H,4,8,10H2,1-3H3,(H2,17,19,20);1H. The van der Waals surface area contributed by atoms with Crippen LogP contribution in [0.15, 0.2) is 29.4 Å². The minimum atomic E-state index is 0. The molecule has 6 nitrogen and oxygen atoms in total. The van der Waals surface area contributed by atoms with Crippen molar-refractivity contribution in [2.45, 2.75) is 26.4 Å².